The van der Waals surface area contributed by atoms with Crippen molar-refractivity contribution in [3.63, 3.8) is 0 Å². The fourth-order valence-electron chi connectivity index (χ4n) is 3.54. The summed E-state index contributed by atoms with van der Waals surface area (Å²) in [7, 11) is 0. The molecule has 0 aromatic heterocycles. The maximum Gasteiger partial charge on any atom is 0.335 e. The highest BCUT2D eigenvalue weighted by molar-refractivity contribution is 6.37. The molecule has 0 bridgehead atoms. The Kier molecular flexibility index (Phi) is 4.67. The van der Waals surface area contributed by atoms with Crippen molar-refractivity contribution in [1.82, 2.24) is 0 Å². The van der Waals surface area contributed by atoms with Gasteiger partial charge < -0.3 is 5.11 Å². The standard InChI is InChI=1S/C22H15N3O5/c1-12-4-2-7-17(25(29)30)18(12)21(26)15-5-3-6-16-19(15)20(24-23-16)13-8-10-14(11-9-13)22(27)28/h2-5,7-11H,6H2,1H3,(H,27,28). The number of fused-ring (bicyclic) bond motifs is 1. The number of nitro groups is 1. The zero-order valence-corrected chi connectivity index (χ0v) is 15.8. The van der Waals surface area contributed by atoms with Crippen molar-refractivity contribution in [2.75, 3.05) is 0 Å². The Hall–Kier alpha value is -4.20. The van der Waals surface area contributed by atoms with Crippen LogP contribution >= 0.6 is 0 Å². The Bertz CT molecular complexity index is 1230. The van der Waals surface area contributed by atoms with Gasteiger partial charge in [0.05, 0.1) is 16.2 Å². The van der Waals surface area contributed by atoms with Crippen molar-refractivity contribution in [2.24, 2.45) is 10.2 Å². The maximum absolute atomic E-state index is 13.4. The van der Waals surface area contributed by atoms with E-state index in [0.717, 1.165) is 0 Å². The number of carboxylic acid groups (broad SMARTS) is 1. The lowest BCUT2D eigenvalue weighted by molar-refractivity contribution is -0.385. The quantitative estimate of drug-likeness (QED) is 0.462. The van der Waals surface area contributed by atoms with Crippen LogP contribution in [0.5, 0.6) is 0 Å². The van der Waals surface area contributed by atoms with Crippen LogP contribution in [0.2, 0.25) is 0 Å². The Morgan fingerprint density at radius 3 is 2.50 bits per heavy atom. The van der Waals surface area contributed by atoms with Crippen LogP contribution in [0.15, 0.2) is 76.0 Å². The van der Waals surface area contributed by atoms with Gasteiger partial charge in [-0.05, 0) is 24.6 Å². The molecule has 0 spiro atoms. The van der Waals surface area contributed by atoms with Crippen molar-refractivity contribution >= 4 is 28.9 Å². The van der Waals surface area contributed by atoms with Crippen molar-refractivity contribution in [3.05, 3.63) is 98.1 Å². The molecule has 2 aromatic carbocycles. The fraction of sp³-hybridized carbons (Fsp3) is 0.0909. The number of nitrogens with zero attached hydrogens (tertiary/aromatic N) is 3. The van der Waals surface area contributed by atoms with E-state index in [-0.39, 0.29) is 22.4 Å². The maximum atomic E-state index is 13.4. The number of carbonyl (C=O) groups is 2. The summed E-state index contributed by atoms with van der Waals surface area (Å²) in [6.45, 7) is 1.65. The Morgan fingerprint density at radius 2 is 1.83 bits per heavy atom. The van der Waals surface area contributed by atoms with Gasteiger partial charge in [-0.1, -0.05) is 36.4 Å². The highest BCUT2D eigenvalue weighted by Crippen LogP contribution is 2.32. The first-order valence-corrected chi connectivity index (χ1v) is 9.07. The minimum atomic E-state index is -1.05. The smallest absolute Gasteiger partial charge is 0.335 e. The minimum Gasteiger partial charge on any atom is -0.478 e. The average molecular weight is 401 g/mol. The first kappa shape index (κ1) is 19.1. The highest BCUT2D eigenvalue weighted by Gasteiger charge is 2.32. The van der Waals surface area contributed by atoms with E-state index >= 15 is 0 Å². The second-order valence-corrected chi connectivity index (χ2v) is 6.83. The number of aryl methyl sites for hydroxylation is 1. The summed E-state index contributed by atoms with van der Waals surface area (Å²) in [5, 5.41) is 29.0. The van der Waals surface area contributed by atoms with Crippen molar-refractivity contribution in [1.29, 1.82) is 0 Å². The Balaban J connectivity index is 1.84. The SMILES string of the molecule is Cc1cccc([N+](=O)[O-])c1C(=O)C1=C2C(=NN=C2c2ccc(C(=O)O)cc2)CC=C1. The second kappa shape index (κ2) is 7.32. The number of benzene rings is 2. The fourth-order valence-corrected chi connectivity index (χ4v) is 3.54. The minimum absolute atomic E-state index is 0.0309. The Labute approximate surface area is 170 Å². The van der Waals surface area contributed by atoms with Crippen molar-refractivity contribution in [2.45, 2.75) is 13.3 Å². The van der Waals surface area contributed by atoms with E-state index in [1.807, 2.05) is 0 Å². The predicted octanol–water partition coefficient (Wildman–Crippen LogP) is 3.90. The van der Waals surface area contributed by atoms with Gasteiger partial charge in [0.2, 0.25) is 5.78 Å². The molecule has 4 rings (SSSR count). The van der Waals surface area contributed by atoms with Crippen LogP contribution in [0.1, 0.15) is 38.3 Å². The highest BCUT2D eigenvalue weighted by atomic mass is 16.6. The van der Waals surface area contributed by atoms with Crippen molar-refractivity contribution < 1.29 is 19.6 Å². The summed E-state index contributed by atoms with van der Waals surface area (Å²) < 4.78 is 0. The van der Waals surface area contributed by atoms with Crippen LogP contribution in [-0.4, -0.2) is 33.2 Å². The third-order valence-corrected chi connectivity index (χ3v) is 4.99. The van der Waals surface area contributed by atoms with Crippen LogP contribution in [0, 0.1) is 17.0 Å². The number of aromatic carboxylic acids is 1. The van der Waals surface area contributed by atoms with Crippen LogP contribution in [0.4, 0.5) is 5.69 Å². The van der Waals surface area contributed by atoms with E-state index in [4.69, 9.17) is 5.11 Å². The molecule has 2 aliphatic rings. The van der Waals surface area contributed by atoms with E-state index in [9.17, 15) is 19.7 Å². The molecule has 0 atom stereocenters. The number of carboxylic acids is 1. The number of nitro benzene ring substituents is 1. The molecule has 0 fully saturated rings. The molecule has 148 valence electrons. The normalized spacial score (nSPS) is 14.8. The van der Waals surface area contributed by atoms with Crippen molar-refractivity contribution in [3.8, 4) is 0 Å². The zero-order valence-electron chi connectivity index (χ0n) is 15.8. The largest absolute Gasteiger partial charge is 0.478 e. The average Bonchev–Trinajstić information content (AvgIpc) is 3.17. The van der Waals surface area contributed by atoms with E-state index in [1.54, 1.807) is 37.3 Å². The molecule has 0 amide bonds. The summed E-state index contributed by atoms with van der Waals surface area (Å²) in [6, 6.07) is 10.6. The van der Waals surface area contributed by atoms with Gasteiger partial charge >= 0.3 is 5.97 Å². The number of ketones is 1. The molecule has 0 radical (unpaired) electrons. The van der Waals surface area contributed by atoms with Gasteiger partial charge in [0, 0.05) is 29.2 Å². The van der Waals surface area contributed by atoms with E-state index in [0.29, 0.717) is 34.5 Å². The number of allylic oxidation sites excluding steroid dienone is 4. The van der Waals surface area contributed by atoms with Gasteiger partial charge in [-0.15, -0.1) is 5.10 Å². The van der Waals surface area contributed by atoms with Crippen LogP contribution in [-0.2, 0) is 0 Å². The summed E-state index contributed by atoms with van der Waals surface area (Å²) in [5.41, 5.74) is 2.83. The summed E-state index contributed by atoms with van der Waals surface area (Å²) >= 11 is 0. The molecule has 1 N–H and O–H groups in total. The van der Waals surface area contributed by atoms with Crippen LogP contribution in [0.3, 0.4) is 0 Å². The molecule has 8 heteroatoms. The molecule has 30 heavy (non-hydrogen) atoms. The number of Topliss-reactive ketones (excluding diaryl/α,β-unsaturated/α-hetero) is 1. The molecule has 1 aliphatic carbocycles. The predicted molar refractivity (Wildman–Crippen MR) is 110 cm³/mol. The Morgan fingerprint density at radius 1 is 1.10 bits per heavy atom. The van der Waals surface area contributed by atoms with Gasteiger partial charge in [0.1, 0.15) is 11.3 Å². The third-order valence-electron chi connectivity index (χ3n) is 4.99. The number of hydrogen-bond acceptors (Lipinski definition) is 6. The van der Waals surface area contributed by atoms with Crippen LogP contribution < -0.4 is 0 Å². The lowest BCUT2D eigenvalue weighted by atomic mass is 9.85. The molecule has 1 heterocycles. The topological polar surface area (TPSA) is 122 Å². The monoisotopic (exact) mass is 401 g/mol. The zero-order chi connectivity index (χ0) is 21.4. The van der Waals surface area contributed by atoms with Gasteiger partial charge in [-0.2, -0.15) is 5.10 Å². The van der Waals surface area contributed by atoms with Crippen LogP contribution in [0.25, 0.3) is 0 Å². The molecule has 0 saturated heterocycles. The molecule has 0 unspecified atom stereocenters. The molecular formula is C22H15N3O5. The molecule has 8 nitrogen and oxygen atoms in total. The van der Waals surface area contributed by atoms with Gasteiger partial charge in [-0.3, -0.25) is 14.9 Å². The molecule has 1 aliphatic heterocycles. The third kappa shape index (κ3) is 3.14. The van der Waals surface area contributed by atoms with E-state index < -0.39 is 16.7 Å². The molecule has 0 saturated carbocycles. The first-order chi connectivity index (χ1) is 14.4. The lowest BCUT2D eigenvalue weighted by Gasteiger charge is -2.15. The van der Waals surface area contributed by atoms with Gasteiger partial charge in [0.25, 0.3) is 5.69 Å². The second-order valence-electron chi connectivity index (χ2n) is 6.83. The molecular weight excluding hydrogens is 386 g/mol. The van der Waals surface area contributed by atoms with E-state index in [2.05, 4.69) is 10.2 Å². The summed E-state index contributed by atoms with van der Waals surface area (Å²) in [5.74, 6) is -1.52. The van der Waals surface area contributed by atoms with Gasteiger partial charge in [0.15, 0.2) is 0 Å². The number of rotatable bonds is 5. The number of hydrogen-bond donors (Lipinski definition) is 1. The number of carbonyl (C=O) groups excluding carboxylic acids is 1. The summed E-state index contributed by atoms with van der Waals surface area (Å²) in [4.78, 5) is 35.4. The lowest BCUT2D eigenvalue weighted by Crippen LogP contribution is -2.19. The van der Waals surface area contributed by atoms with Gasteiger partial charge in [-0.25, -0.2) is 4.79 Å². The summed E-state index contributed by atoms with van der Waals surface area (Å²) in [6.07, 6.45) is 3.88. The van der Waals surface area contributed by atoms with E-state index in [1.165, 1.54) is 24.3 Å². The first-order valence-electron chi connectivity index (χ1n) is 9.07. The molecule has 2 aromatic rings.